The molecule has 0 unspecified atom stereocenters. The van der Waals surface area contributed by atoms with Gasteiger partial charge in [0, 0.05) is 5.02 Å². The Hall–Kier alpha value is -2.91. The lowest BCUT2D eigenvalue weighted by Crippen LogP contribution is -2.29. The van der Waals surface area contributed by atoms with E-state index in [9.17, 15) is 9.59 Å². The van der Waals surface area contributed by atoms with Crippen LogP contribution in [0.3, 0.4) is 0 Å². The van der Waals surface area contributed by atoms with E-state index in [0.717, 1.165) is 11.1 Å². The Morgan fingerprint density at radius 1 is 0.667 bits per heavy atom. The normalized spacial score (nSPS) is 13.3. The Balaban J connectivity index is 1.76. The summed E-state index contributed by atoms with van der Waals surface area (Å²) in [7, 11) is 0. The van der Waals surface area contributed by atoms with E-state index in [1.807, 2.05) is 42.5 Å². The molecule has 4 heteroatoms. The number of nitrogens with zero attached hydrogens (tertiary/aromatic N) is 1. The van der Waals surface area contributed by atoms with Gasteiger partial charge < -0.3 is 0 Å². The summed E-state index contributed by atoms with van der Waals surface area (Å²) in [6, 6.07) is 21.7. The molecule has 1 aliphatic heterocycles. The Morgan fingerprint density at radius 2 is 1.29 bits per heavy atom. The van der Waals surface area contributed by atoms with Crippen LogP contribution in [-0.4, -0.2) is 11.8 Å². The molecule has 3 nitrogen and oxygen atoms in total. The van der Waals surface area contributed by atoms with Crippen molar-refractivity contribution in [1.82, 2.24) is 0 Å². The molecule has 0 aliphatic carbocycles. The van der Waals surface area contributed by atoms with Crippen molar-refractivity contribution >= 4 is 29.1 Å². The zero-order valence-corrected chi connectivity index (χ0v) is 13.3. The van der Waals surface area contributed by atoms with Crippen molar-refractivity contribution in [2.24, 2.45) is 0 Å². The number of benzene rings is 3. The Kier molecular flexibility index (Phi) is 3.44. The first-order chi connectivity index (χ1) is 11.6. The lowest BCUT2D eigenvalue weighted by molar-refractivity contribution is 0.0926. The van der Waals surface area contributed by atoms with Crippen molar-refractivity contribution in [3.8, 4) is 11.1 Å². The number of fused-ring (bicyclic) bond motifs is 1. The summed E-state index contributed by atoms with van der Waals surface area (Å²) < 4.78 is 0. The van der Waals surface area contributed by atoms with Gasteiger partial charge in [-0.05, 0) is 47.5 Å². The third kappa shape index (κ3) is 2.30. The third-order valence-electron chi connectivity index (χ3n) is 4.08. The lowest BCUT2D eigenvalue weighted by Gasteiger charge is -2.15. The minimum Gasteiger partial charge on any atom is -0.268 e. The summed E-state index contributed by atoms with van der Waals surface area (Å²) in [6.07, 6.45) is 0. The van der Waals surface area contributed by atoms with E-state index in [-0.39, 0.29) is 11.8 Å². The molecule has 0 atom stereocenters. The van der Waals surface area contributed by atoms with Crippen molar-refractivity contribution in [1.29, 1.82) is 0 Å². The van der Waals surface area contributed by atoms with Crippen molar-refractivity contribution in [3.63, 3.8) is 0 Å². The molecular weight excluding hydrogens is 322 g/mol. The largest absolute Gasteiger partial charge is 0.268 e. The van der Waals surface area contributed by atoms with Gasteiger partial charge in [0.05, 0.1) is 16.8 Å². The molecule has 0 bridgehead atoms. The van der Waals surface area contributed by atoms with Crippen molar-refractivity contribution in [3.05, 3.63) is 88.9 Å². The van der Waals surface area contributed by atoms with E-state index >= 15 is 0 Å². The van der Waals surface area contributed by atoms with Gasteiger partial charge in [-0.1, -0.05) is 48.0 Å². The molecule has 4 rings (SSSR count). The monoisotopic (exact) mass is 333 g/mol. The van der Waals surface area contributed by atoms with Crippen molar-refractivity contribution < 1.29 is 9.59 Å². The van der Waals surface area contributed by atoms with Crippen LogP contribution in [0.1, 0.15) is 20.7 Å². The van der Waals surface area contributed by atoms with E-state index in [2.05, 4.69) is 0 Å². The standard InChI is InChI=1S/C20H12ClNO2/c21-15-10-8-13(9-11-15)14-4-3-5-16(12-14)22-19(23)17-6-1-2-7-18(17)20(22)24/h1-12H. The van der Waals surface area contributed by atoms with Gasteiger partial charge in [-0.2, -0.15) is 0 Å². The highest BCUT2D eigenvalue weighted by molar-refractivity contribution is 6.34. The molecule has 0 radical (unpaired) electrons. The average molecular weight is 334 g/mol. The second kappa shape index (κ2) is 5.62. The molecule has 0 spiro atoms. The maximum Gasteiger partial charge on any atom is 0.266 e. The van der Waals surface area contributed by atoms with E-state index in [1.54, 1.807) is 30.3 Å². The summed E-state index contributed by atoms with van der Waals surface area (Å²) in [5, 5.41) is 0.662. The van der Waals surface area contributed by atoms with E-state index in [1.165, 1.54) is 4.90 Å². The van der Waals surface area contributed by atoms with Gasteiger partial charge in [-0.25, -0.2) is 4.90 Å². The zero-order valence-electron chi connectivity index (χ0n) is 12.6. The summed E-state index contributed by atoms with van der Waals surface area (Å²) in [4.78, 5) is 26.4. The Bertz CT molecular complexity index is 928. The number of halogens is 1. The molecule has 1 aliphatic rings. The maximum atomic E-state index is 12.6. The first kappa shape index (κ1) is 14.7. The summed E-state index contributed by atoms with van der Waals surface area (Å²) >= 11 is 5.93. The fourth-order valence-corrected chi connectivity index (χ4v) is 3.02. The van der Waals surface area contributed by atoms with Crippen LogP contribution in [0.15, 0.2) is 72.8 Å². The van der Waals surface area contributed by atoms with Gasteiger partial charge in [-0.15, -0.1) is 0 Å². The molecule has 116 valence electrons. The number of carbonyl (C=O) groups is 2. The van der Waals surface area contributed by atoms with Gasteiger partial charge in [0.15, 0.2) is 0 Å². The smallest absolute Gasteiger partial charge is 0.266 e. The molecule has 2 amide bonds. The van der Waals surface area contributed by atoms with Crippen LogP contribution in [0, 0.1) is 0 Å². The summed E-state index contributed by atoms with van der Waals surface area (Å²) in [6.45, 7) is 0. The Morgan fingerprint density at radius 3 is 1.92 bits per heavy atom. The molecule has 0 saturated heterocycles. The Labute approximate surface area is 144 Å². The van der Waals surface area contributed by atoms with Crippen LogP contribution in [0.2, 0.25) is 5.02 Å². The van der Waals surface area contributed by atoms with Crippen LogP contribution in [-0.2, 0) is 0 Å². The van der Waals surface area contributed by atoms with Crippen molar-refractivity contribution in [2.45, 2.75) is 0 Å². The third-order valence-corrected chi connectivity index (χ3v) is 4.33. The molecule has 24 heavy (non-hydrogen) atoms. The predicted octanol–water partition coefficient (Wildman–Crippen LogP) is 4.81. The summed E-state index contributed by atoms with van der Waals surface area (Å²) in [5.41, 5.74) is 3.34. The first-order valence-corrected chi connectivity index (χ1v) is 7.87. The number of carbonyl (C=O) groups excluding carboxylic acids is 2. The molecule has 3 aromatic carbocycles. The van der Waals surface area contributed by atoms with Crippen molar-refractivity contribution in [2.75, 3.05) is 4.90 Å². The van der Waals surface area contributed by atoms with Gasteiger partial charge in [0.2, 0.25) is 0 Å². The van der Waals surface area contributed by atoms with Gasteiger partial charge in [0.1, 0.15) is 0 Å². The topological polar surface area (TPSA) is 37.4 Å². The zero-order chi connectivity index (χ0) is 16.7. The minimum absolute atomic E-state index is 0.288. The van der Waals surface area contributed by atoms with Gasteiger partial charge in [-0.3, -0.25) is 9.59 Å². The second-order valence-corrected chi connectivity index (χ2v) is 5.98. The van der Waals surface area contributed by atoms with Gasteiger partial charge in [0.25, 0.3) is 11.8 Å². The van der Waals surface area contributed by atoms with Crippen LogP contribution in [0.5, 0.6) is 0 Å². The predicted molar refractivity (Wildman–Crippen MR) is 94.5 cm³/mol. The quantitative estimate of drug-likeness (QED) is 0.631. The van der Waals surface area contributed by atoms with E-state index in [4.69, 9.17) is 11.6 Å². The molecule has 0 N–H and O–H groups in total. The highest BCUT2D eigenvalue weighted by Crippen LogP contribution is 2.31. The number of anilines is 1. The molecule has 0 saturated carbocycles. The number of rotatable bonds is 2. The fourth-order valence-electron chi connectivity index (χ4n) is 2.89. The highest BCUT2D eigenvalue weighted by atomic mass is 35.5. The van der Waals surface area contributed by atoms with Crippen LogP contribution in [0.4, 0.5) is 5.69 Å². The number of hydrogen-bond donors (Lipinski definition) is 0. The van der Waals surface area contributed by atoms with E-state index < -0.39 is 0 Å². The number of imide groups is 1. The highest BCUT2D eigenvalue weighted by Gasteiger charge is 2.36. The molecule has 0 aromatic heterocycles. The van der Waals surface area contributed by atoms with Crippen LogP contribution < -0.4 is 4.90 Å². The van der Waals surface area contributed by atoms with Crippen LogP contribution >= 0.6 is 11.6 Å². The number of hydrogen-bond acceptors (Lipinski definition) is 2. The first-order valence-electron chi connectivity index (χ1n) is 7.49. The molecule has 3 aromatic rings. The maximum absolute atomic E-state index is 12.6. The molecular formula is C20H12ClNO2. The summed E-state index contributed by atoms with van der Waals surface area (Å²) in [5.74, 6) is -0.576. The fraction of sp³-hybridized carbons (Fsp3) is 0. The minimum atomic E-state index is -0.288. The van der Waals surface area contributed by atoms with Crippen LogP contribution in [0.25, 0.3) is 11.1 Å². The second-order valence-electron chi connectivity index (χ2n) is 5.55. The van der Waals surface area contributed by atoms with E-state index in [0.29, 0.717) is 21.8 Å². The van der Waals surface area contributed by atoms with Gasteiger partial charge >= 0.3 is 0 Å². The molecule has 1 heterocycles. The lowest BCUT2D eigenvalue weighted by atomic mass is 10.0. The average Bonchev–Trinajstić information content (AvgIpc) is 2.87. The SMILES string of the molecule is O=C1c2ccccc2C(=O)N1c1cccc(-c2ccc(Cl)cc2)c1. The number of amides is 2. The molecule has 0 fully saturated rings.